The van der Waals surface area contributed by atoms with Gasteiger partial charge in [0.05, 0.1) is 13.3 Å². The summed E-state index contributed by atoms with van der Waals surface area (Å²) in [5.41, 5.74) is 1.12. The smallest absolute Gasteiger partial charge is 0.356 e. The van der Waals surface area contributed by atoms with Gasteiger partial charge in [0, 0.05) is 5.56 Å². The summed E-state index contributed by atoms with van der Waals surface area (Å²) in [5, 5.41) is 0. The van der Waals surface area contributed by atoms with E-state index in [2.05, 4.69) is 14.7 Å². The van der Waals surface area contributed by atoms with Gasteiger partial charge in [0.2, 0.25) is 6.79 Å². The summed E-state index contributed by atoms with van der Waals surface area (Å²) in [4.78, 5) is 18.3. The Morgan fingerprint density at radius 3 is 3.06 bits per heavy atom. The van der Waals surface area contributed by atoms with E-state index in [-0.39, 0.29) is 6.79 Å². The fourth-order valence-corrected chi connectivity index (χ4v) is 1.73. The minimum Gasteiger partial charge on any atom is -0.464 e. The second kappa shape index (κ2) is 4.06. The molecule has 0 aliphatic carbocycles. The van der Waals surface area contributed by atoms with Crippen LogP contribution in [-0.2, 0) is 4.74 Å². The topological polar surface area (TPSA) is 73.4 Å². The molecule has 3 rings (SSSR count). The van der Waals surface area contributed by atoms with E-state index < -0.39 is 5.97 Å². The molecule has 0 atom stereocenters. The van der Waals surface area contributed by atoms with Gasteiger partial charge in [-0.05, 0) is 18.2 Å². The summed E-state index contributed by atoms with van der Waals surface area (Å²) in [6, 6.07) is 5.45. The molecule has 92 valence electrons. The average Bonchev–Trinajstić information content (AvgIpc) is 3.05. The van der Waals surface area contributed by atoms with E-state index in [1.807, 2.05) is 12.1 Å². The van der Waals surface area contributed by atoms with Crippen LogP contribution in [0.1, 0.15) is 10.5 Å². The molecule has 0 fully saturated rings. The van der Waals surface area contributed by atoms with Crippen LogP contribution in [-0.4, -0.2) is 29.8 Å². The molecule has 6 nitrogen and oxygen atoms in total. The van der Waals surface area contributed by atoms with E-state index in [1.165, 1.54) is 13.3 Å². The van der Waals surface area contributed by atoms with Crippen molar-refractivity contribution >= 4 is 5.97 Å². The highest BCUT2D eigenvalue weighted by Gasteiger charge is 2.16. The Kier molecular flexibility index (Phi) is 2.40. The van der Waals surface area contributed by atoms with E-state index in [9.17, 15) is 4.79 Å². The number of ether oxygens (including phenoxy) is 3. The summed E-state index contributed by atoms with van der Waals surface area (Å²) < 4.78 is 15.1. The second-order valence-corrected chi connectivity index (χ2v) is 3.71. The van der Waals surface area contributed by atoms with Crippen molar-refractivity contribution < 1.29 is 19.0 Å². The van der Waals surface area contributed by atoms with Crippen molar-refractivity contribution in [2.24, 2.45) is 0 Å². The molecule has 1 N–H and O–H groups in total. The maximum absolute atomic E-state index is 11.3. The SMILES string of the molecule is COC(=O)c1cnc(-c2ccc3c(c2)OCO3)[nH]1. The highest BCUT2D eigenvalue weighted by atomic mass is 16.7. The number of rotatable bonds is 2. The molecule has 6 heteroatoms. The van der Waals surface area contributed by atoms with Crippen LogP contribution in [0.5, 0.6) is 11.5 Å². The Labute approximate surface area is 103 Å². The zero-order valence-electron chi connectivity index (χ0n) is 9.60. The van der Waals surface area contributed by atoms with Crippen molar-refractivity contribution in [3.8, 4) is 22.9 Å². The Balaban J connectivity index is 1.95. The Hall–Kier alpha value is -2.50. The lowest BCUT2D eigenvalue weighted by Crippen LogP contribution is -2.00. The van der Waals surface area contributed by atoms with Crippen LogP contribution in [0.2, 0.25) is 0 Å². The lowest BCUT2D eigenvalue weighted by atomic mass is 10.2. The first-order valence-corrected chi connectivity index (χ1v) is 5.31. The van der Waals surface area contributed by atoms with E-state index in [4.69, 9.17) is 9.47 Å². The van der Waals surface area contributed by atoms with Crippen LogP contribution in [0, 0.1) is 0 Å². The number of hydrogen-bond donors (Lipinski definition) is 1. The number of fused-ring (bicyclic) bond motifs is 1. The fraction of sp³-hybridized carbons (Fsp3) is 0.167. The summed E-state index contributed by atoms with van der Waals surface area (Å²) in [7, 11) is 1.32. The Morgan fingerprint density at radius 1 is 1.39 bits per heavy atom. The minimum absolute atomic E-state index is 0.227. The van der Waals surface area contributed by atoms with Crippen LogP contribution >= 0.6 is 0 Å². The molecular formula is C12H10N2O4. The summed E-state index contributed by atoms with van der Waals surface area (Å²) in [6.07, 6.45) is 1.44. The van der Waals surface area contributed by atoms with Crippen molar-refractivity contribution in [1.82, 2.24) is 9.97 Å². The molecule has 1 aromatic heterocycles. The van der Waals surface area contributed by atoms with Crippen molar-refractivity contribution in [3.05, 3.63) is 30.1 Å². The monoisotopic (exact) mass is 246 g/mol. The molecular weight excluding hydrogens is 236 g/mol. The van der Waals surface area contributed by atoms with Crippen molar-refractivity contribution in [3.63, 3.8) is 0 Å². The third kappa shape index (κ3) is 1.67. The number of aromatic amines is 1. The predicted octanol–water partition coefficient (Wildman–Crippen LogP) is 1.59. The van der Waals surface area contributed by atoms with Gasteiger partial charge >= 0.3 is 5.97 Å². The first kappa shape index (κ1) is 10.6. The number of carbonyl (C=O) groups is 1. The standard InChI is InChI=1S/C12H10N2O4/c1-16-12(15)8-5-13-11(14-8)7-2-3-9-10(4-7)18-6-17-9/h2-5H,6H2,1H3,(H,13,14). The quantitative estimate of drug-likeness (QED) is 0.814. The number of aromatic nitrogens is 2. The van der Waals surface area contributed by atoms with Crippen molar-refractivity contribution in [2.45, 2.75) is 0 Å². The zero-order valence-corrected chi connectivity index (χ0v) is 9.60. The maximum Gasteiger partial charge on any atom is 0.356 e. The van der Waals surface area contributed by atoms with Crippen molar-refractivity contribution in [1.29, 1.82) is 0 Å². The molecule has 0 saturated heterocycles. The van der Waals surface area contributed by atoms with E-state index in [0.717, 1.165) is 5.56 Å². The largest absolute Gasteiger partial charge is 0.464 e. The number of carbonyl (C=O) groups excluding carboxylic acids is 1. The van der Waals surface area contributed by atoms with Gasteiger partial charge in [-0.2, -0.15) is 0 Å². The fourth-order valence-electron chi connectivity index (χ4n) is 1.73. The molecule has 18 heavy (non-hydrogen) atoms. The number of nitrogens with zero attached hydrogens (tertiary/aromatic N) is 1. The lowest BCUT2D eigenvalue weighted by Gasteiger charge is -1.99. The van der Waals surface area contributed by atoms with Gasteiger partial charge in [0.25, 0.3) is 0 Å². The summed E-state index contributed by atoms with van der Waals surface area (Å²) >= 11 is 0. The molecule has 0 amide bonds. The van der Waals surface area contributed by atoms with Crippen LogP contribution in [0.25, 0.3) is 11.4 Å². The highest BCUT2D eigenvalue weighted by Crippen LogP contribution is 2.35. The number of esters is 1. The van der Waals surface area contributed by atoms with E-state index in [0.29, 0.717) is 23.0 Å². The number of H-pyrrole nitrogens is 1. The highest BCUT2D eigenvalue weighted by molar-refractivity contribution is 5.87. The van der Waals surface area contributed by atoms with Gasteiger partial charge in [-0.1, -0.05) is 0 Å². The number of hydrogen-bond acceptors (Lipinski definition) is 5. The van der Waals surface area contributed by atoms with Gasteiger partial charge < -0.3 is 19.2 Å². The molecule has 0 saturated carbocycles. The molecule has 2 aromatic rings. The number of methoxy groups -OCH3 is 1. The lowest BCUT2D eigenvalue weighted by molar-refractivity contribution is 0.0595. The van der Waals surface area contributed by atoms with Gasteiger partial charge in [-0.15, -0.1) is 0 Å². The van der Waals surface area contributed by atoms with Crippen molar-refractivity contribution in [2.75, 3.05) is 13.9 Å². The molecule has 0 bridgehead atoms. The molecule has 0 radical (unpaired) electrons. The molecule has 0 spiro atoms. The van der Waals surface area contributed by atoms with Gasteiger partial charge in [0.1, 0.15) is 11.5 Å². The molecule has 1 aliphatic heterocycles. The number of imidazole rings is 1. The second-order valence-electron chi connectivity index (χ2n) is 3.71. The zero-order chi connectivity index (χ0) is 12.5. The van der Waals surface area contributed by atoms with Gasteiger partial charge in [-0.25, -0.2) is 9.78 Å². The third-order valence-corrected chi connectivity index (χ3v) is 2.63. The van der Waals surface area contributed by atoms with Gasteiger partial charge in [-0.3, -0.25) is 0 Å². The number of nitrogens with one attached hydrogen (secondary N) is 1. The Morgan fingerprint density at radius 2 is 2.22 bits per heavy atom. The first-order valence-electron chi connectivity index (χ1n) is 5.31. The maximum atomic E-state index is 11.3. The molecule has 1 aromatic carbocycles. The predicted molar refractivity (Wildman–Crippen MR) is 61.5 cm³/mol. The first-order chi connectivity index (χ1) is 8.78. The van der Waals surface area contributed by atoms with E-state index in [1.54, 1.807) is 6.07 Å². The average molecular weight is 246 g/mol. The summed E-state index contributed by atoms with van der Waals surface area (Å²) in [6.45, 7) is 0.227. The van der Waals surface area contributed by atoms with Crippen LogP contribution in [0.4, 0.5) is 0 Å². The van der Waals surface area contributed by atoms with Crippen LogP contribution < -0.4 is 9.47 Å². The molecule has 0 unspecified atom stereocenters. The molecule has 2 heterocycles. The minimum atomic E-state index is -0.450. The van der Waals surface area contributed by atoms with Crippen LogP contribution in [0.3, 0.4) is 0 Å². The summed E-state index contributed by atoms with van der Waals surface area (Å²) in [5.74, 6) is 1.50. The Bertz CT molecular complexity index is 606. The third-order valence-electron chi connectivity index (χ3n) is 2.63. The van der Waals surface area contributed by atoms with E-state index >= 15 is 0 Å². The molecule has 1 aliphatic rings. The van der Waals surface area contributed by atoms with Crippen LogP contribution in [0.15, 0.2) is 24.4 Å². The normalized spacial score (nSPS) is 12.5. The number of benzene rings is 1. The van der Waals surface area contributed by atoms with Gasteiger partial charge in [0.15, 0.2) is 11.5 Å².